The van der Waals surface area contributed by atoms with Crippen LogP contribution >= 0.6 is 23.2 Å². The molecule has 3 aromatic rings. The third kappa shape index (κ3) is 7.64. The second-order valence-corrected chi connectivity index (χ2v) is 7.21. The number of furan rings is 1. The van der Waals surface area contributed by atoms with Crippen LogP contribution in [0.5, 0.6) is 11.5 Å². The fourth-order valence-electron chi connectivity index (χ4n) is 2.40. The first-order valence-corrected chi connectivity index (χ1v) is 10.2. The third-order valence-electron chi connectivity index (χ3n) is 3.95. The molecule has 0 radical (unpaired) electrons. The molecule has 0 atom stereocenters. The molecule has 0 unspecified atom stereocenters. The summed E-state index contributed by atoms with van der Waals surface area (Å²) >= 11 is 11.8. The number of hydrogen-bond acceptors (Lipinski definition) is 6. The van der Waals surface area contributed by atoms with E-state index in [9.17, 15) is 9.59 Å². The van der Waals surface area contributed by atoms with Gasteiger partial charge in [0.2, 0.25) is 0 Å². The molecule has 0 saturated carbocycles. The van der Waals surface area contributed by atoms with Gasteiger partial charge in [0.1, 0.15) is 17.3 Å². The van der Waals surface area contributed by atoms with E-state index in [1.54, 1.807) is 54.8 Å². The molecular formula is C22H19Cl2N3O5. The Morgan fingerprint density at radius 1 is 1.00 bits per heavy atom. The van der Waals surface area contributed by atoms with E-state index in [-0.39, 0.29) is 19.1 Å². The molecule has 8 nitrogen and oxygen atoms in total. The molecule has 2 N–H and O–H groups in total. The summed E-state index contributed by atoms with van der Waals surface area (Å²) in [5.74, 6) is 0.812. The molecule has 0 spiro atoms. The number of ether oxygens (including phenoxy) is 2. The van der Waals surface area contributed by atoms with Crippen LogP contribution in [0, 0.1) is 0 Å². The van der Waals surface area contributed by atoms with E-state index in [0.717, 1.165) is 5.56 Å². The van der Waals surface area contributed by atoms with E-state index in [1.807, 2.05) is 0 Å². The van der Waals surface area contributed by atoms with Crippen LogP contribution in [-0.4, -0.2) is 31.2 Å². The van der Waals surface area contributed by atoms with Gasteiger partial charge in [-0.1, -0.05) is 23.2 Å². The number of nitrogens with one attached hydrogen (secondary N) is 2. The minimum Gasteiger partial charge on any atom is -0.484 e. The number of rotatable bonds is 10. The topological polar surface area (TPSA) is 102 Å². The number of hydrogen-bond donors (Lipinski definition) is 2. The summed E-state index contributed by atoms with van der Waals surface area (Å²) in [6.45, 7) is -0.0800. The van der Waals surface area contributed by atoms with E-state index in [1.165, 1.54) is 12.3 Å². The smallest absolute Gasteiger partial charge is 0.277 e. The summed E-state index contributed by atoms with van der Waals surface area (Å²) in [6, 6.07) is 15.1. The van der Waals surface area contributed by atoms with E-state index < -0.39 is 5.91 Å². The zero-order valence-corrected chi connectivity index (χ0v) is 18.2. The van der Waals surface area contributed by atoms with Crippen LogP contribution in [0.25, 0.3) is 0 Å². The van der Waals surface area contributed by atoms with Crippen LogP contribution in [0.2, 0.25) is 10.0 Å². The van der Waals surface area contributed by atoms with Crippen molar-refractivity contribution in [2.45, 2.75) is 6.54 Å². The van der Waals surface area contributed by atoms with Gasteiger partial charge in [0.05, 0.1) is 24.0 Å². The van der Waals surface area contributed by atoms with Gasteiger partial charge in [0, 0.05) is 5.02 Å². The molecule has 1 heterocycles. The Bertz CT molecular complexity index is 1070. The molecule has 0 bridgehead atoms. The molecule has 0 aliphatic rings. The van der Waals surface area contributed by atoms with E-state index in [2.05, 4.69) is 15.8 Å². The lowest BCUT2D eigenvalue weighted by Gasteiger charge is -2.07. The zero-order chi connectivity index (χ0) is 22.8. The highest BCUT2D eigenvalue weighted by Gasteiger charge is 2.06. The van der Waals surface area contributed by atoms with Crippen LogP contribution in [-0.2, 0) is 16.1 Å². The second kappa shape index (κ2) is 11.8. The third-order valence-corrected chi connectivity index (χ3v) is 4.48. The SMILES string of the molecule is O=C(COc1ccc(/C=N\NC(=O)COc2ccc(Cl)cc2Cl)cc1)NCc1ccco1. The number of nitrogens with zero attached hydrogens (tertiary/aromatic N) is 1. The minimum atomic E-state index is -0.451. The highest BCUT2D eigenvalue weighted by atomic mass is 35.5. The first kappa shape index (κ1) is 23.2. The van der Waals surface area contributed by atoms with Crippen molar-refractivity contribution in [3.63, 3.8) is 0 Å². The van der Waals surface area contributed by atoms with Crippen molar-refractivity contribution in [2.75, 3.05) is 13.2 Å². The average Bonchev–Trinajstić information content (AvgIpc) is 3.30. The fraction of sp³-hybridized carbons (Fsp3) is 0.136. The van der Waals surface area contributed by atoms with Crippen LogP contribution < -0.4 is 20.2 Å². The Balaban J connectivity index is 1.36. The maximum absolute atomic E-state index is 11.8. The molecule has 0 fully saturated rings. The van der Waals surface area contributed by atoms with Gasteiger partial charge in [-0.2, -0.15) is 5.10 Å². The Morgan fingerprint density at radius 2 is 1.78 bits per heavy atom. The second-order valence-electron chi connectivity index (χ2n) is 6.37. The number of halogens is 2. The summed E-state index contributed by atoms with van der Waals surface area (Å²) in [6.07, 6.45) is 3.01. The van der Waals surface area contributed by atoms with E-state index >= 15 is 0 Å². The largest absolute Gasteiger partial charge is 0.484 e. The highest BCUT2D eigenvalue weighted by molar-refractivity contribution is 6.35. The molecule has 0 aliphatic heterocycles. The summed E-state index contributed by atoms with van der Waals surface area (Å²) in [5.41, 5.74) is 3.08. The van der Waals surface area contributed by atoms with E-state index in [4.69, 9.17) is 37.1 Å². The van der Waals surface area contributed by atoms with Gasteiger partial charge in [-0.15, -0.1) is 0 Å². The Hall–Kier alpha value is -3.49. The van der Waals surface area contributed by atoms with Crippen LogP contribution in [0.4, 0.5) is 0 Å². The van der Waals surface area contributed by atoms with Gasteiger partial charge in [-0.05, 0) is 60.2 Å². The van der Waals surface area contributed by atoms with Crippen molar-refractivity contribution in [1.82, 2.24) is 10.7 Å². The molecule has 0 aliphatic carbocycles. The quantitative estimate of drug-likeness (QED) is 0.342. The maximum Gasteiger partial charge on any atom is 0.277 e. The predicted octanol–water partition coefficient (Wildman–Crippen LogP) is 3.81. The molecule has 2 amide bonds. The van der Waals surface area contributed by atoms with Crippen molar-refractivity contribution in [3.05, 3.63) is 82.2 Å². The Morgan fingerprint density at radius 3 is 2.50 bits per heavy atom. The standard InChI is InChI=1S/C22H19Cl2N3O5/c23-16-5-8-20(19(24)10-16)32-14-22(29)27-26-11-15-3-6-17(7-4-15)31-13-21(28)25-12-18-2-1-9-30-18/h1-11H,12-14H2,(H,25,28)(H,27,29)/b26-11-. The summed E-state index contributed by atoms with van der Waals surface area (Å²) in [5, 5.41) is 7.34. The van der Waals surface area contributed by atoms with Crippen molar-refractivity contribution >= 4 is 41.2 Å². The molecule has 2 aromatic carbocycles. The first-order valence-electron chi connectivity index (χ1n) is 9.41. The van der Waals surface area contributed by atoms with Gasteiger partial charge in [-0.25, -0.2) is 5.43 Å². The molecule has 0 saturated heterocycles. The van der Waals surface area contributed by atoms with Crippen molar-refractivity contribution in [3.8, 4) is 11.5 Å². The van der Waals surface area contributed by atoms with E-state index in [0.29, 0.717) is 33.8 Å². The minimum absolute atomic E-state index is 0.123. The molecule has 166 valence electrons. The number of benzene rings is 2. The van der Waals surface area contributed by atoms with Crippen molar-refractivity contribution in [1.29, 1.82) is 0 Å². The number of carbonyl (C=O) groups is 2. The molecule has 10 heteroatoms. The Labute approximate surface area is 194 Å². The number of amides is 2. The summed E-state index contributed by atoms with van der Waals surface area (Å²) in [7, 11) is 0. The van der Waals surface area contributed by atoms with Gasteiger partial charge >= 0.3 is 0 Å². The van der Waals surface area contributed by atoms with Gasteiger partial charge in [0.15, 0.2) is 13.2 Å². The van der Waals surface area contributed by atoms with Crippen LogP contribution in [0.3, 0.4) is 0 Å². The molecule has 3 rings (SSSR count). The maximum atomic E-state index is 11.8. The molecular weight excluding hydrogens is 457 g/mol. The van der Waals surface area contributed by atoms with Crippen LogP contribution in [0.1, 0.15) is 11.3 Å². The van der Waals surface area contributed by atoms with Gasteiger partial charge in [-0.3, -0.25) is 9.59 Å². The lowest BCUT2D eigenvalue weighted by atomic mass is 10.2. The number of carbonyl (C=O) groups excluding carboxylic acids is 2. The van der Waals surface area contributed by atoms with Gasteiger partial charge in [0.25, 0.3) is 11.8 Å². The van der Waals surface area contributed by atoms with Crippen molar-refractivity contribution < 1.29 is 23.5 Å². The lowest BCUT2D eigenvalue weighted by Crippen LogP contribution is -2.28. The molecule has 32 heavy (non-hydrogen) atoms. The monoisotopic (exact) mass is 475 g/mol. The highest BCUT2D eigenvalue weighted by Crippen LogP contribution is 2.27. The number of hydrazone groups is 1. The average molecular weight is 476 g/mol. The Kier molecular flexibility index (Phi) is 8.53. The molecule has 1 aromatic heterocycles. The first-order chi connectivity index (χ1) is 15.5. The van der Waals surface area contributed by atoms with Crippen molar-refractivity contribution in [2.24, 2.45) is 5.10 Å². The fourth-order valence-corrected chi connectivity index (χ4v) is 2.86. The predicted molar refractivity (Wildman–Crippen MR) is 120 cm³/mol. The summed E-state index contributed by atoms with van der Waals surface area (Å²) in [4.78, 5) is 23.6. The zero-order valence-electron chi connectivity index (χ0n) is 16.7. The van der Waals surface area contributed by atoms with Gasteiger partial charge < -0.3 is 19.2 Å². The van der Waals surface area contributed by atoms with Crippen LogP contribution in [0.15, 0.2) is 70.4 Å². The lowest BCUT2D eigenvalue weighted by molar-refractivity contribution is -0.123. The normalized spacial score (nSPS) is 10.7. The summed E-state index contributed by atoms with van der Waals surface area (Å²) < 4.78 is 15.9.